The molecule has 14 heavy (non-hydrogen) atoms. The van der Waals surface area contributed by atoms with Crippen LogP contribution in [0.1, 0.15) is 19.3 Å². The van der Waals surface area contributed by atoms with Crippen LogP contribution in [0.5, 0.6) is 0 Å². The van der Waals surface area contributed by atoms with Crippen molar-refractivity contribution in [2.75, 3.05) is 26.2 Å². The summed E-state index contributed by atoms with van der Waals surface area (Å²) in [5, 5.41) is 8.77. The third-order valence-corrected chi connectivity index (χ3v) is 2.97. The molecule has 1 fully saturated rings. The molecule has 0 bridgehead atoms. The van der Waals surface area contributed by atoms with Crippen molar-refractivity contribution in [3.05, 3.63) is 11.8 Å². The SMILES string of the molecule is O=C(O)N1CC=C(N2CCCC2)CC1. The molecule has 1 N–H and O–H groups in total. The lowest BCUT2D eigenvalue weighted by molar-refractivity contribution is 0.146. The Balaban J connectivity index is 1.93. The first-order chi connectivity index (χ1) is 6.77. The summed E-state index contributed by atoms with van der Waals surface area (Å²) < 4.78 is 0. The van der Waals surface area contributed by atoms with Gasteiger partial charge in [-0.05, 0) is 18.9 Å². The molecule has 0 aromatic carbocycles. The van der Waals surface area contributed by atoms with Crippen molar-refractivity contribution in [2.24, 2.45) is 0 Å². The summed E-state index contributed by atoms with van der Waals surface area (Å²) >= 11 is 0. The standard InChI is InChI=1S/C10H16N2O2/c13-10(14)12-7-3-9(4-8-12)11-5-1-2-6-11/h3H,1-2,4-8H2,(H,13,14). The quantitative estimate of drug-likeness (QED) is 0.688. The number of carbonyl (C=O) groups is 1. The highest BCUT2D eigenvalue weighted by atomic mass is 16.4. The molecule has 2 rings (SSSR count). The van der Waals surface area contributed by atoms with E-state index in [1.54, 1.807) is 0 Å². The zero-order chi connectivity index (χ0) is 9.97. The minimum atomic E-state index is -0.804. The normalized spacial score (nSPS) is 22.4. The van der Waals surface area contributed by atoms with Crippen molar-refractivity contribution in [2.45, 2.75) is 19.3 Å². The minimum Gasteiger partial charge on any atom is -0.465 e. The fourth-order valence-electron chi connectivity index (χ4n) is 2.12. The summed E-state index contributed by atoms with van der Waals surface area (Å²) in [7, 11) is 0. The maximum absolute atomic E-state index is 10.7. The zero-order valence-corrected chi connectivity index (χ0v) is 8.28. The van der Waals surface area contributed by atoms with Crippen molar-refractivity contribution in [1.82, 2.24) is 9.80 Å². The lowest BCUT2D eigenvalue weighted by Crippen LogP contribution is -2.36. The first-order valence-electron chi connectivity index (χ1n) is 5.19. The monoisotopic (exact) mass is 196 g/mol. The molecule has 0 saturated carbocycles. The van der Waals surface area contributed by atoms with E-state index >= 15 is 0 Å². The first kappa shape index (κ1) is 9.37. The van der Waals surface area contributed by atoms with Gasteiger partial charge >= 0.3 is 6.09 Å². The lowest BCUT2D eigenvalue weighted by atomic mass is 10.2. The summed E-state index contributed by atoms with van der Waals surface area (Å²) in [6, 6.07) is 0. The Bertz CT molecular complexity index is 257. The van der Waals surface area contributed by atoms with E-state index in [1.807, 2.05) is 0 Å². The maximum Gasteiger partial charge on any atom is 0.407 e. The Hall–Kier alpha value is -1.19. The molecule has 0 aromatic rings. The van der Waals surface area contributed by atoms with Crippen LogP contribution in [0.25, 0.3) is 0 Å². The fourth-order valence-corrected chi connectivity index (χ4v) is 2.12. The second kappa shape index (κ2) is 3.90. The Morgan fingerprint density at radius 2 is 2.00 bits per heavy atom. The van der Waals surface area contributed by atoms with E-state index in [0.29, 0.717) is 13.1 Å². The topological polar surface area (TPSA) is 43.8 Å². The van der Waals surface area contributed by atoms with E-state index in [-0.39, 0.29) is 0 Å². The van der Waals surface area contributed by atoms with Gasteiger partial charge in [-0.15, -0.1) is 0 Å². The van der Waals surface area contributed by atoms with Gasteiger partial charge in [0.1, 0.15) is 0 Å². The molecule has 78 valence electrons. The van der Waals surface area contributed by atoms with Gasteiger partial charge in [0.2, 0.25) is 0 Å². The van der Waals surface area contributed by atoms with E-state index in [0.717, 1.165) is 19.5 Å². The summed E-state index contributed by atoms with van der Waals surface area (Å²) in [6.45, 7) is 3.51. The molecule has 2 aliphatic rings. The summed E-state index contributed by atoms with van der Waals surface area (Å²) in [4.78, 5) is 14.5. The molecule has 0 aromatic heterocycles. The average Bonchev–Trinajstić information content (AvgIpc) is 2.71. The van der Waals surface area contributed by atoms with Crippen LogP contribution in [-0.4, -0.2) is 47.2 Å². The van der Waals surface area contributed by atoms with Gasteiger partial charge in [0, 0.05) is 38.3 Å². The molecule has 1 amide bonds. The highest BCUT2D eigenvalue weighted by molar-refractivity contribution is 5.65. The molecule has 0 unspecified atom stereocenters. The summed E-state index contributed by atoms with van der Waals surface area (Å²) in [5.41, 5.74) is 1.35. The van der Waals surface area contributed by atoms with Gasteiger partial charge < -0.3 is 14.9 Å². The molecule has 2 heterocycles. The van der Waals surface area contributed by atoms with Crippen LogP contribution in [0.3, 0.4) is 0 Å². The van der Waals surface area contributed by atoms with Crippen LogP contribution in [0.2, 0.25) is 0 Å². The number of rotatable bonds is 1. The zero-order valence-electron chi connectivity index (χ0n) is 8.28. The van der Waals surface area contributed by atoms with E-state index in [9.17, 15) is 4.79 Å². The van der Waals surface area contributed by atoms with E-state index in [1.165, 1.54) is 23.4 Å². The third-order valence-electron chi connectivity index (χ3n) is 2.97. The summed E-state index contributed by atoms with van der Waals surface area (Å²) in [5.74, 6) is 0. The Morgan fingerprint density at radius 3 is 2.50 bits per heavy atom. The van der Waals surface area contributed by atoms with Gasteiger partial charge in [-0.2, -0.15) is 0 Å². The van der Waals surface area contributed by atoms with Crippen molar-refractivity contribution < 1.29 is 9.90 Å². The maximum atomic E-state index is 10.7. The van der Waals surface area contributed by atoms with Crippen molar-refractivity contribution in [1.29, 1.82) is 0 Å². The van der Waals surface area contributed by atoms with Gasteiger partial charge in [0.05, 0.1) is 0 Å². The smallest absolute Gasteiger partial charge is 0.407 e. The van der Waals surface area contributed by atoms with Crippen LogP contribution in [-0.2, 0) is 0 Å². The number of hydrogen-bond acceptors (Lipinski definition) is 2. The Kier molecular flexibility index (Phi) is 2.61. The van der Waals surface area contributed by atoms with E-state index in [2.05, 4.69) is 11.0 Å². The Morgan fingerprint density at radius 1 is 1.29 bits per heavy atom. The van der Waals surface area contributed by atoms with Crippen molar-refractivity contribution in [3.63, 3.8) is 0 Å². The van der Waals surface area contributed by atoms with E-state index in [4.69, 9.17) is 5.11 Å². The van der Waals surface area contributed by atoms with Gasteiger partial charge in [-0.1, -0.05) is 0 Å². The second-order valence-corrected chi connectivity index (χ2v) is 3.87. The molecule has 0 radical (unpaired) electrons. The van der Waals surface area contributed by atoms with Crippen LogP contribution in [0.15, 0.2) is 11.8 Å². The highest BCUT2D eigenvalue weighted by Gasteiger charge is 2.20. The number of nitrogens with zero attached hydrogens (tertiary/aromatic N) is 2. The Labute approximate surface area is 83.8 Å². The van der Waals surface area contributed by atoms with Crippen LogP contribution in [0, 0.1) is 0 Å². The van der Waals surface area contributed by atoms with Gasteiger partial charge in [0.15, 0.2) is 0 Å². The van der Waals surface area contributed by atoms with E-state index < -0.39 is 6.09 Å². The molecular formula is C10H16N2O2. The molecular weight excluding hydrogens is 180 g/mol. The van der Waals surface area contributed by atoms with Crippen LogP contribution in [0.4, 0.5) is 4.79 Å². The second-order valence-electron chi connectivity index (χ2n) is 3.87. The summed E-state index contributed by atoms with van der Waals surface area (Å²) in [6.07, 6.45) is 4.69. The number of amides is 1. The van der Waals surface area contributed by atoms with Gasteiger partial charge in [-0.25, -0.2) is 4.79 Å². The van der Waals surface area contributed by atoms with Crippen molar-refractivity contribution in [3.8, 4) is 0 Å². The molecule has 0 spiro atoms. The fraction of sp³-hybridized carbons (Fsp3) is 0.700. The number of likely N-dealkylation sites (tertiary alicyclic amines) is 1. The number of carboxylic acid groups (broad SMARTS) is 1. The molecule has 0 atom stereocenters. The van der Waals surface area contributed by atoms with Crippen LogP contribution >= 0.6 is 0 Å². The lowest BCUT2D eigenvalue weighted by Gasteiger charge is -2.29. The molecule has 0 aliphatic carbocycles. The molecule has 2 aliphatic heterocycles. The number of hydrogen-bond donors (Lipinski definition) is 1. The predicted molar refractivity (Wildman–Crippen MR) is 53.1 cm³/mol. The molecule has 4 heteroatoms. The minimum absolute atomic E-state index is 0.557. The van der Waals surface area contributed by atoms with Gasteiger partial charge in [0.25, 0.3) is 0 Å². The molecule has 4 nitrogen and oxygen atoms in total. The highest BCUT2D eigenvalue weighted by Crippen LogP contribution is 2.20. The molecule has 1 saturated heterocycles. The van der Waals surface area contributed by atoms with Gasteiger partial charge in [-0.3, -0.25) is 0 Å². The third kappa shape index (κ3) is 1.84. The van der Waals surface area contributed by atoms with Crippen LogP contribution < -0.4 is 0 Å². The predicted octanol–water partition coefficient (Wildman–Crippen LogP) is 1.35. The first-order valence-corrected chi connectivity index (χ1v) is 5.19. The largest absolute Gasteiger partial charge is 0.465 e. The van der Waals surface area contributed by atoms with Crippen molar-refractivity contribution >= 4 is 6.09 Å². The average molecular weight is 196 g/mol.